The number of rotatable bonds is 2. The topological polar surface area (TPSA) is 21.1 Å². The minimum atomic E-state index is 0.577. The fourth-order valence-corrected chi connectivity index (χ4v) is 2.95. The number of piperidine rings is 1. The van der Waals surface area contributed by atoms with E-state index in [1.54, 1.807) is 0 Å². The molecule has 0 unspecified atom stereocenters. The smallest absolute Gasteiger partial charge is 0.0961 e. The summed E-state index contributed by atoms with van der Waals surface area (Å²) in [7, 11) is 0. The van der Waals surface area contributed by atoms with Gasteiger partial charge >= 0.3 is 0 Å². The van der Waals surface area contributed by atoms with Crippen molar-refractivity contribution in [3.05, 3.63) is 30.6 Å². The summed E-state index contributed by atoms with van der Waals surface area (Å²) in [5.41, 5.74) is 2.38. The van der Waals surface area contributed by atoms with E-state index in [4.69, 9.17) is 0 Å². The predicted molar refractivity (Wildman–Crippen MR) is 74.7 cm³/mol. The number of likely N-dealkylation sites (tertiary alicyclic amines) is 1. The van der Waals surface area contributed by atoms with Gasteiger partial charge in [0.15, 0.2) is 0 Å². The minimum absolute atomic E-state index is 0.577. The molecule has 96 valence electrons. The predicted octanol–water partition coefficient (Wildman–Crippen LogP) is 3.08. The van der Waals surface area contributed by atoms with Crippen LogP contribution in [0, 0.1) is 0 Å². The van der Waals surface area contributed by atoms with E-state index in [0.717, 1.165) is 12.1 Å². The Kier molecular flexibility index (Phi) is 3.08. The summed E-state index contributed by atoms with van der Waals surface area (Å²) >= 11 is 0. The van der Waals surface area contributed by atoms with Crippen LogP contribution in [0.15, 0.2) is 30.6 Å². The van der Waals surface area contributed by atoms with Crippen molar-refractivity contribution in [1.82, 2.24) is 14.5 Å². The normalized spacial score (nSPS) is 21.8. The molecule has 0 amide bonds. The molecular weight excluding hydrogens is 222 g/mol. The minimum Gasteiger partial charge on any atom is -0.326 e. The number of para-hydroxylation sites is 2. The SMILES string of the molecule is CC(C)N1CCC[C@@H](n2cnc3ccccc32)C1. The second-order valence-corrected chi connectivity index (χ2v) is 5.53. The second-order valence-electron chi connectivity index (χ2n) is 5.53. The van der Waals surface area contributed by atoms with Crippen LogP contribution in [0.2, 0.25) is 0 Å². The Bertz CT molecular complexity index is 529. The first kappa shape index (κ1) is 11.7. The van der Waals surface area contributed by atoms with Gasteiger partial charge in [-0.2, -0.15) is 0 Å². The van der Waals surface area contributed by atoms with Crippen LogP contribution in [0.25, 0.3) is 11.0 Å². The van der Waals surface area contributed by atoms with Crippen molar-refractivity contribution in [2.24, 2.45) is 0 Å². The van der Waals surface area contributed by atoms with Crippen LogP contribution >= 0.6 is 0 Å². The summed E-state index contributed by atoms with van der Waals surface area (Å²) in [4.78, 5) is 7.08. The highest BCUT2D eigenvalue weighted by Crippen LogP contribution is 2.26. The highest BCUT2D eigenvalue weighted by Gasteiger charge is 2.23. The maximum atomic E-state index is 4.51. The molecule has 3 heteroatoms. The Labute approximate surface area is 108 Å². The first-order chi connectivity index (χ1) is 8.75. The summed E-state index contributed by atoms with van der Waals surface area (Å²) in [6.45, 7) is 6.96. The number of aromatic nitrogens is 2. The number of hydrogen-bond acceptors (Lipinski definition) is 2. The Morgan fingerprint density at radius 1 is 1.28 bits per heavy atom. The van der Waals surface area contributed by atoms with Gasteiger partial charge in [0, 0.05) is 18.6 Å². The van der Waals surface area contributed by atoms with Crippen molar-refractivity contribution >= 4 is 11.0 Å². The maximum Gasteiger partial charge on any atom is 0.0961 e. The number of nitrogens with zero attached hydrogens (tertiary/aromatic N) is 3. The van der Waals surface area contributed by atoms with Gasteiger partial charge in [0.2, 0.25) is 0 Å². The summed E-state index contributed by atoms with van der Waals surface area (Å²) in [6.07, 6.45) is 4.57. The van der Waals surface area contributed by atoms with E-state index in [1.165, 1.54) is 24.9 Å². The molecule has 0 aliphatic carbocycles. The number of fused-ring (bicyclic) bond motifs is 1. The van der Waals surface area contributed by atoms with Gasteiger partial charge in [0.05, 0.1) is 17.4 Å². The summed E-state index contributed by atoms with van der Waals surface area (Å²) in [5, 5.41) is 0. The molecule has 0 bridgehead atoms. The molecule has 2 aromatic rings. The summed E-state index contributed by atoms with van der Waals surface area (Å²) < 4.78 is 2.36. The molecule has 1 aromatic heterocycles. The Morgan fingerprint density at radius 2 is 2.11 bits per heavy atom. The summed E-state index contributed by atoms with van der Waals surface area (Å²) in [5.74, 6) is 0. The highest BCUT2D eigenvalue weighted by atomic mass is 15.2. The van der Waals surface area contributed by atoms with E-state index in [0.29, 0.717) is 12.1 Å². The first-order valence-corrected chi connectivity index (χ1v) is 6.91. The van der Waals surface area contributed by atoms with Gasteiger partial charge in [-0.1, -0.05) is 12.1 Å². The van der Waals surface area contributed by atoms with E-state index >= 15 is 0 Å². The van der Waals surface area contributed by atoms with Crippen LogP contribution in [-0.2, 0) is 0 Å². The fourth-order valence-electron chi connectivity index (χ4n) is 2.95. The van der Waals surface area contributed by atoms with Gasteiger partial charge in [-0.25, -0.2) is 4.98 Å². The fraction of sp³-hybridized carbons (Fsp3) is 0.533. The average Bonchev–Trinajstić information content (AvgIpc) is 2.82. The lowest BCUT2D eigenvalue weighted by Gasteiger charge is -2.36. The molecule has 1 fully saturated rings. The third-order valence-corrected chi connectivity index (χ3v) is 4.03. The van der Waals surface area contributed by atoms with Crippen LogP contribution in [0.3, 0.4) is 0 Å². The lowest BCUT2D eigenvalue weighted by atomic mass is 10.0. The summed E-state index contributed by atoms with van der Waals surface area (Å²) in [6, 6.07) is 9.65. The largest absolute Gasteiger partial charge is 0.326 e. The van der Waals surface area contributed by atoms with Crippen molar-refractivity contribution in [3.63, 3.8) is 0 Å². The van der Waals surface area contributed by atoms with Gasteiger partial charge in [-0.15, -0.1) is 0 Å². The van der Waals surface area contributed by atoms with Crippen molar-refractivity contribution in [2.45, 2.75) is 38.8 Å². The van der Waals surface area contributed by atoms with E-state index in [-0.39, 0.29) is 0 Å². The molecule has 1 aliphatic rings. The lowest BCUT2D eigenvalue weighted by Crippen LogP contribution is -2.40. The molecule has 18 heavy (non-hydrogen) atoms. The van der Waals surface area contributed by atoms with E-state index < -0.39 is 0 Å². The standard InChI is InChI=1S/C15H21N3/c1-12(2)17-9-5-6-13(10-17)18-11-16-14-7-3-4-8-15(14)18/h3-4,7-8,11-13H,5-6,9-10H2,1-2H3/t13-/m1/s1. The van der Waals surface area contributed by atoms with E-state index in [2.05, 4.69) is 52.6 Å². The molecule has 1 atom stereocenters. The third kappa shape index (κ3) is 2.03. The molecule has 0 saturated carbocycles. The van der Waals surface area contributed by atoms with Crippen LogP contribution in [0.1, 0.15) is 32.7 Å². The molecule has 1 aromatic carbocycles. The maximum absolute atomic E-state index is 4.51. The zero-order valence-electron chi connectivity index (χ0n) is 11.2. The van der Waals surface area contributed by atoms with Gasteiger partial charge in [0.1, 0.15) is 0 Å². The Balaban J connectivity index is 1.90. The first-order valence-electron chi connectivity index (χ1n) is 6.91. The number of imidazole rings is 1. The molecule has 3 rings (SSSR count). The van der Waals surface area contributed by atoms with Gasteiger partial charge in [0.25, 0.3) is 0 Å². The monoisotopic (exact) mass is 243 g/mol. The molecule has 0 radical (unpaired) electrons. The van der Waals surface area contributed by atoms with Gasteiger partial charge in [-0.3, -0.25) is 4.90 Å². The third-order valence-electron chi connectivity index (χ3n) is 4.03. The Morgan fingerprint density at radius 3 is 2.94 bits per heavy atom. The van der Waals surface area contributed by atoms with Crippen molar-refractivity contribution in [1.29, 1.82) is 0 Å². The molecule has 3 nitrogen and oxygen atoms in total. The lowest BCUT2D eigenvalue weighted by molar-refractivity contribution is 0.144. The quantitative estimate of drug-likeness (QED) is 0.808. The van der Waals surface area contributed by atoms with Crippen LogP contribution in [0.5, 0.6) is 0 Å². The van der Waals surface area contributed by atoms with Crippen molar-refractivity contribution in [2.75, 3.05) is 13.1 Å². The molecule has 1 aliphatic heterocycles. The van der Waals surface area contributed by atoms with Crippen LogP contribution in [0.4, 0.5) is 0 Å². The van der Waals surface area contributed by atoms with Crippen LogP contribution in [-0.4, -0.2) is 33.6 Å². The van der Waals surface area contributed by atoms with Crippen LogP contribution < -0.4 is 0 Å². The van der Waals surface area contributed by atoms with Gasteiger partial charge in [-0.05, 0) is 45.4 Å². The Hall–Kier alpha value is -1.35. The average molecular weight is 243 g/mol. The van der Waals surface area contributed by atoms with Crippen molar-refractivity contribution < 1.29 is 0 Å². The van der Waals surface area contributed by atoms with E-state index in [1.807, 2.05) is 6.33 Å². The molecular formula is C15H21N3. The molecule has 2 heterocycles. The van der Waals surface area contributed by atoms with Crippen molar-refractivity contribution in [3.8, 4) is 0 Å². The second kappa shape index (κ2) is 4.73. The zero-order valence-corrected chi connectivity index (χ0v) is 11.2. The van der Waals surface area contributed by atoms with Gasteiger partial charge < -0.3 is 4.57 Å². The molecule has 0 N–H and O–H groups in total. The van der Waals surface area contributed by atoms with E-state index in [9.17, 15) is 0 Å². The number of benzene rings is 1. The molecule has 0 spiro atoms. The highest BCUT2D eigenvalue weighted by molar-refractivity contribution is 5.75. The number of hydrogen-bond donors (Lipinski definition) is 0. The molecule has 1 saturated heterocycles. The zero-order chi connectivity index (χ0) is 12.5.